The maximum Gasteiger partial charge on any atom is 0.319 e. The van der Waals surface area contributed by atoms with Gasteiger partial charge < -0.3 is 16.0 Å². The summed E-state index contributed by atoms with van der Waals surface area (Å²) < 4.78 is 0. The van der Waals surface area contributed by atoms with Gasteiger partial charge in [-0.25, -0.2) is 4.79 Å². The number of nitrogens with one attached hydrogen (secondary N) is 3. The molecule has 0 bridgehead atoms. The number of allylic oxidation sites excluding steroid dienone is 1. The summed E-state index contributed by atoms with van der Waals surface area (Å²) in [5.74, 6) is -0.405. The quantitative estimate of drug-likeness (QED) is 0.580. The molecule has 0 saturated heterocycles. The predicted molar refractivity (Wildman–Crippen MR) is 95.3 cm³/mol. The van der Waals surface area contributed by atoms with Gasteiger partial charge in [-0.2, -0.15) is 0 Å². The first-order valence-electron chi connectivity index (χ1n) is 7.85. The van der Waals surface area contributed by atoms with Gasteiger partial charge in [-0.3, -0.25) is 14.9 Å². The van der Waals surface area contributed by atoms with E-state index in [1.807, 2.05) is 30.3 Å². The summed E-state index contributed by atoms with van der Waals surface area (Å²) in [6, 6.07) is 13.7. The van der Waals surface area contributed by atoms with E-state index < -0.39 is 16.9 Å². The molecule has 1 heterocycles. The molecule has 0 spiro atoms. The van der Waals surface area contributed by atoms with Gasteiger partial charge in [0.05, 0.1) is 16.5 Å². The number of non-ortho nitro benzene ring substituents is 1. The van der Waals surface area contributed by atoms with Gasteiger partial charge in [0.15, 0.2) is 0 Å². The molecule has 0 saturated carbocycles. The van der Waals surface area contributed by atoms with E-state index in [4.69, 9.17) is 0 Å². The summed E-state index contributed by atoms with van der Waals surface area (Å²) in [5.41, 5.74) is 1.95. The normalized spacial score (nSPS) is 16.5. The minimum Gasteiger partial charge on any atom is -0.327 e. The molecule has 0 unspecified atom stereocenters. The van der Waals surface area contributed by atoms with Gasteiger partial charge in [0.2, 0.25) is 0 Å². The summed E-state index contributed by atoms with van der Waals surface area (Å²) in [5, 5.41) is 18.8. The van der Waals surface area contributed by atoms with Gasteiger partial charge >= 0.3 is 6.03 Å². The Morgan fingerprint density at radius 2 is 1.77 bits per heavy atom. The molecule has 1 atom stereocenters. The van der Waals surface area contributed by atoms with Crippen LogP contribution in [-0.4, -0.2) is 16.9 Å². The van der Waals surface area contributed by atoms with Crippen LogP contribution in [0, 0.1) is 10.1 Å². The summed E-state index contributed by atoms with van der Waals surface area (Å²) in [4.78, 5) is 34.8. The lowest BCUT2D eigenvalue weighted by Gasteiger charge is -2.28. The molecule has 8 heteroatoms. The van der Waals surface area contributed by atoms with Crippen LogP contribution in [0.15, 0.2) is 65.9 Å². The first-order chi connectivity index (χ1) is 12.5. The monoisotopic (exact) mass is 352 g/mol. The number of amides is 3. The van der Waals surface area contributed by atoms with Crippen molar-refractivity contribution in [2.45, 2.75) is 13.0 Å². The van der Waals surface area contributed by atoms with Crippen molar-refractivity contribution < 1.29 is 14.5 Å². The smallest absolute Gasteiger partial charge is 0.319 e. The van der Waals surface area contributed by atoms with Gasteiger partial charge in [-0.1, -0.05) is 30.3 Å². The van der Waals surface area contributed by atoms with Crippen LogP contribution in [0.2, 0.25) is 0 Å². The van der Waals surface area contributed by atoms with Gasteiger partial charge in [0.25, 0.3) is 11.6 Å². The van der Waals surface area contributed by atoms with Crippen molar-refractivity contribution in [2.75, 3.05) is 5.32 Å². The molecular formula is C18H16N4O4. The molecule has 1 aliphatic rings. The van der Waals surface area contributed by atoms with E-state index in [-0.39, 0.29) is 11.7 Å². The Labute approximate surface area is 149 Å². The highest BCUT2D eigenvalue weighted by molar-refractivity contribution is 6.06. The third kappa shape index (κ3) is 3.54. The first kappa shape index (κ1) is 17.2. The van der Waals surface area contributed by atoms with E-state index in [1.165, 1.54) is 24.3 Å². The van der Waals surface area contributed by atoms with Crippen molar-refractivity contribution in [1.82, 2.24) is 10.6 Å². The Bertz CT molecular complexity index is 891. The minimum absolute atomic E-state index is 0.0628. The Hall–Kier alpha value is -3.68. The molecule has 8 nitrogen and oxygen atoms in total. The van der Waals surface area contributed by atoms with E-state index in [1.54, 1.807) is 6.92 Å². The van der Waals surface area contributed by atoms with Crippen LogP contribution in [0.3, 0.4) is 0 Å². The molecule has 3 rings (SSSR count). The molecule has 2 aromatic rings. The van der Waals surface area contributed by atoms with Crippen molar-refractivity contribution in [2.24, 2.45) is 0 Å². The van der Waals surface area contributed by atoms with Gasteiger partial charge in [0, 0.05) is 23.5 Å². The Balaban J connectivity index is 1.88. The molecule has 2 aromatic carbocycles. The fraction of sp³-hybridized carbons (Fsp3) is 0.111. The average Bonchev–Trinajstić information content (AvgIpc) is 2.62. The lowest BCUT2D eigenvalue weighted by molar-refractivity contribution is -0.384. The number of hydrogen-bond donors (Lipinski definition) is 3. The molecule has 0 aromatic heterocycles. The zero-order valence-electron chi connectivity index (χ0n) is 13.9. The highest BCUT2D eigenvalue weighted by Crippen LogP contribution is 2.27. The summed E-state index contributed by atoms with van der Waals surface area (Å²) in [7, 11) is 0. The van der Waals surface area contributed by atoms with Crippen molar-refractivity contribution >= 4 is 23.3 Å². The Morgan fingerprint density at radius 3 is 2.38 bits per heavy atom. The lowest BCUT2D eigenvalue weighted by Crippen LogP contribution is -2.45. The third-order valence-electron chi connectivity index (χ3n) is 3.98. The van der Waals surface area contributed by atoms with Gasteiger partial charge in [0.1, 0.15) is 0 Å². The number of nitrogens with zero attached hydrogens (tertiary/aromatic N) is 1. The molecule has 0 fully saturated rings. The van der Waals surface area contributed by atoms with Crippen LogP contribution in [0.25, 0.3) is 0 Å². The van der Waals surface area contributed by atoms with E-state index in [0.29, 0.717) is 17.0 Å². The third-order valence-corrected chi connectivity index (χ3v) is 3.98. The molecular weight excluding hydrogens is 336 g/mol. The topological polar surface area (TPSA) is 113 Å². The maximum atomic E-state index is 12.8. The molecule has 0 radical (unpaired) electrons. The fourth-order valence-electron chi connectivity index (χ4n) is 2.76. The minimum atomic E-state index is -0.594. The van der Waals surface area contributed by atoms with E-state index in [2.05, 4.69) is 16.0 Å². The van der Waals surface area contributed by atoms with E-state index >= 15 is 0 Å². The molecule has 0 aliphatic carbocycles. The second-order valence-electron chi connectivity index (χ2n) is 5.74. The second-order valence-corrected chi connectivity index (χ2v) is 5.74. The highest BCUT2D eigenvalue weighted by atomic mass is 16.6. The van der Waals surface area contributed by atoms with Crippen LogP contribution < -0.4 is 16.0 Å². The number of nitro groups is 1. The van der Waals surface area contributed by atoms with Gasteiger partial charge in [-0.15, -0.1) is 0 Å². The van der Waals surface area contributed by atoms with Crippen LogP contribution in [0.4, 0.5) is 16.2 Å². The molecule has 3 amide bonds. The largest absolute Gasteiger partial charge is 0.327 e. The second kappa shape index (κ2) is 7.06. The summed E-state index contributed by atoms with van der Waals surface area (Å²) in [6.45, 7) is 1.65. The average molecular weight is 352 g/mol. The lowest BCUT2D eigenvalue weighted by atomic mass is 9.95. The molecule has 1 aliphatic heterocycles. The number of benzene rings is 2. The first-order valence-corrected chi connectivity index (χ1v) is 7.85. The van der Waals surface area contributed by atoms with Crippen LogP contribution in [0.1, 0.15) is 18.5 Å². The number of nitro benzene ring substituents is 1. The van der Waals surface area contributed by atoms with Gasteiger partial charge in [-0.05, 0) is 24.6 Å². The van der Waals surface area contributed by atoms with Crippen molar-refractivity contribution in [1.29, 1.82) is 0 Å². The number of hydrogen-bond acceptors (Lipinski definition) is 4. The number of anilines is 1. The van der Waals surface area contributed by atoms with Crippen molar-refractivity contribution in [3.05, 3.63) is 81.5 Å². The van der Waals surface area contributed by atoms with Crippen molar-refractivity contribution in [3.8, 4) is 0 Å². The summed E-state index contributed by atoms with van der Waals surface area (Å²) in [6.07, 6.45) is 0. The summed E-state index contributed by atoms with van der Waals surface area (Å²) >= 11 is 0. The van der Waals surface area contributed by atoms with Crippen LogP contribution in [0.5, 0.6) is 0 Å². The Morgan fingerprint density at radius 1 is 1.12 bits per heavy atom. The molecule has 132 valence electrons. The predicted octanol–water partition coefficient (Wildman–Crippen LogP) is 2.86. The SMILES string of the molecule is CC1=C(C(=O)Nc2ccc([N+](=O)[O-])cc2)[C@H](c2ccccc2)NC(=O)N1. The highest BCUT2D eigenvalue weighted by Gasteiger charge is 2.31. The van der Waals surface area contributed by atoms with E-state index in [0.717, 1.165) is 5.56 Å². The number of rotatable bonds is 4. The maximum absolute atomic E-state index is 12.8. The standard InChI is InChI=1S/C18H16N4O4/c1-11-15(16(21-18(24)19-11)12-5-3-2-4-6-12)17(23)20-13-7-9-14(10-8-13)22(25)26/h2-10,16H,1H3,(H,20,23)(H2,19,21,24)/t16-/m0/s1. The van der Waals surface area contributed by atoms with Crippen LogP contribution in [-0.2, 0) is 4.79 Å². The molecule has 3 N–H and O–H groups in total. The number of urea groups is 1. The van der Waals surface area contributed by atoms with Crippen LogP contribution >= 0.6 is 0 Å². The fourth-order valence-corrected chi connectivity index (χ4v) is 2.76. The zero-order chi connectivity index (χ0) is 18.7. The molecule has 26 heavy (non-hydrogen) atoms. The number of carbonyl (C=O) groups excluding carboxylic acids is 2. The zero-order valence-corrected chi connectivity index (χ0v) is 13.9. The number of carbonyl (C=O) groups is 2. The van der Waals surface area contributed by atoms with Crippen molar-refractivity contribution in [3.63, 3.8) is 0 Å². The van der Waals surface area contributed by atoms with E-state index in [9.17, 15) is 19.7 Å². The Kier molecular flexibility index (Phi) is 4.66.